The van der Waals surface area contributed by atoms with Crippen molar-refractivity contribution in [3.05, 3.63) is 24.0 Å². The SMILES string of the molecule is CCCNc1cnccc1C(=O)NCC1CCOCC1. The molecule has 0 aliphatic carbocycles. The summed E-state index contributed by atoms with van der Waals surface area (Å²) in [6.45, 7) is 5.26. The highest BCUT2D eigenvalue weighted by Gasteiger charge is 2.16. The van der Waals surface area contributed by atoms with Crippen molar-refractivity contribution in [2.45, 2.75) is 26.2 Å². The van der Waals surface area contributed by atoms with Gasteiger partial charge in [-0.25, -0.2) is 0 Å². The minimum absolute atomic E-state index is 0.0301. The zero-order valence-corrected chi connectivity index (χ0v) is 12.0. The van der Waals surface area contributed by atoms with Crippen LogP contribution in [0.2, 0.25) is 0 Å². The van der Waals surface area contributed by atoms with Crippen LogP contribution in [-0.4, -0.2) is 37.2 Å². The average molecular weight is 277 g/mol. The summed E-state index contributed by atoms with van der Waals surface area (Å²) in [5.74, 6) is 0.499. The second-order valence-corrected chi connectivity index (χ2v) is 5.11. The molecule has 2 N–H and O–H groups in total. The molecule has 0 unspecified atom stereocenters. The van der Waals surface area contributed by atoms with Crippen molar-refractivity contribution >= 4 is 11.6 Å². The van der Waals surface area contributed by atoms with Crippen molar-refractivity contribution in [2.24, 2.45) is 5.92 Å². The van der Waals surface area contributed by atoms with Crippen LogP contribution in [0.1, 0.15) is 36.5 Å². The minimum atomic E-state index is -0.0301. The van der Waals surface area contributed by atoms with Crippen LogP contribution < -0.4 is 10.6 Å². The van der Waals surface area contributed by atoms with Gasteiger partial charge in [0.05, 0.1) is 17.4 Å². The summed E-state index contributed by atoms with van der Waals surface area (Å²) in [4.78, 5) is 16.3. The van der Waals surface area contributed by atoms with Crippen molar-refractivity contribution in [2.75, 3.05) is 31.6 Å². The van der Waals surface area contributed by atoms with Gasteiger partial charge in [-0.1, -0.05) is 6.92 Å². The third-order valence-electron chi connectivity index (χ3n) is 3.52. The predicted molar refractivity (Wildman–Crippen MR) is 78.9 cm³/mol. The first-order valence-corrected chi connectivity index (χ1v) is 7.35. The predicted octanol–water partition coefficient (Wildman–Crippen LogP) is 2.06. The van der Waals surface area contributed by atoms with Crippen molar-refractivity contribution in [3.8, 4) is 0 Å². The Hall–Kier alpha value is -1.62. The molecule has 0 spiro atoms. The van der Waals surface area contributed by atoms with E-state index in [1.54, 1.807) is 18.5 Å². The number of amides is 1. The smallest absolute Gasteiger partial charge is 0.253 e. The first kappa shape index (κ1) is 14.8. The van der Waals surface area contributed by atoms with Gasteiger partial charge in [0.1, 0.15) is 0 Å². The molecule has 0 radical (unpaired) electrons. The molecule has 20 heavy (non-hydrogen) atoms. The van der Waals surface area contributed by atoms with E-state index in [0.717, 1.165) is 51.3 Å². The molecule has 0 bridgehead atoms. The van der Waals surface area contributed by atoms with E-state index in [1.807, 2.05) is 0 Å². The summed E-state index contributed by atoms with van der Waals surface area (Å²) in [6, 6.07) is 1.76. The lowest BCUT2D eigenvalue weighted by molar-refractivity contribution is 0.0643. The monoisotopic (exact) mass is 277 g/mol. The molecule has 0 aromatic carbocycles. The van der Waals surface area contributed by atoms with Crippen LogP contribution in [0, 0.1) is 5.92 Å². The van der Waals surface area contributed by atoms with Crippen molar-refractivity contribution < 1.29 is 9.53 Å². The average Bonchev–Trinajstić information content (AvgIpc) is 2.52. The summed E-state index contributed by atoms with van der Waals surface area (Å²) in [5, 5.41) is 6.26. The van der Waals surface area contributed by atoms with Crippen LogP contribution in [-0.2, 0) is 4.74 Å². The van der Waals surface area contributed by atoms with Gasteiger partial charge >= 0.3 is 0 Å². The maximum atomic E-state index is 12.3. The van der Waals surface area contributed by atoms with Crippen LogP contribution in [0.25, 0.3) is 0 Å². The fraction of sp³-hybridized carbons (Fsp3) is 0.600. The number of aromatic nitrogens is 1. The molecule has 2 heterocycles. The van der Waals surface area contributed by atoms with Gasteiger partial charge in [0.25, 0.3) is 5.91 Å². The number of hydrogen-bond donors (Lipinski definition) is 2. The molecule has 2 rings (SSSR count). The van der Waals surface area contributed by atoms with E-state index in [2.05, 4.69) is 22.5 Å². The topological polar surface area (TPSA) is 63.2 Å². The maximum absolute atomic E-state index is 12.3. The van der Waals surface area contributed by atoms with Gasteiger partial charge in [0.2, 0.25) is 0 Å². The normalized spacial score (nSPS) is 15.8. The van der Waals surface area contributed by atoms with Gasteiger partial charge in [0.15, 0.2) is 0 Å². The number of anilines is 1. The van der Waals surface area contributed by atoms with E-state index in [9.17, 15) is 4.79 Å². The lowest BCUT2D eigenvalue weighted by Crippen LogP contribution is -2.32. The lowest BCUT2D eigenvalue weighted by Gasteiger charge is -2.22. The summed E-state index contributed by atoms with van der Waals surface area (Å²) >= 11 is 0. The molecule has 110 valence electrons. The van der Waals surface area contributed by atoms with Gasteiger partial charge in [-0.3, -0.25) is 9.78 Å². The van der Waals surface area contributed by atoms with Gasteiger partial charge in [0, 0.05) is 32.5 Å². The van der Waals surface area contributed by atoms with Gasteiger partial charge in [-0.05, 0) is 31.2 Å². The number of pyridine rings is 1. The van der Waals surface area contributed by atoms with E-state index >= 15 is 0 Å². The summed E-state index contributed by atoms with van der Waals surface area (Å²) in [7, 11) is 0. The van der Waals surface area contributed by atoms with E-state index in [0.29, 0.717) is 11.5 Å². The highest BCUT2D eigenvalue weighted by atomic mass is 16.5. The molecule has 1 aliphatic rings. The first-order chi connectivity index (χ1) is 9.81. The fourth-order valence-corrected chi connectivity index (χ4v) is 2.28. The van der Waals surface area contributed by atoms with Crippen LogP contribution in [0.15, 0.2) is 18.5 Å². The first-order valence-electron chi connectivity index (χ1n) is 7.35. The van der Waals surface area contributed by atoms with Crippen LogP contribution >= 0.6 is 0 Å². The number of carbonyl (C=O) groups is 1. The minimum Gasteiger partial charge on any atom is -0.383 e. The third-order valence-corrected chi connectivity index (χ3v) is 3.52. The van der Waals surface area contributed by atoms with E-state index in [4.69, 9.17) is 4.74 Å². The van der Waals surface area contributed by atoms with Gasteiger partial charge in [-0.2, -0.15) is 0 Å². The summed E-state index contributed by atoms with van der Waals surface area (Å²) in [5.41, 5.74) is 1.47. The quantitative estimate of drug-likeness (QED) is 0.835. The molecule has 0 atom stereocenters. The molecule has 1 aromatic rings. The van der Waals surface area contributed by atoms with Crippen molar-refractivity contribution in [3.63, 3.8) is 0 Å². The maximum Gasteiger partial charge on any atom is 0.253 e. The van der Waals surface area contributed by atoms with Crippen LogP contribution in [0.5, 0.6) is 0 Å². The molecule has 0 saturated carbocycles. The number of ether oxygens (including phenoxy) is 1. The van der Waals surface area contributed by atoms with E-state index < -0.39 is 0 Å². The summed E-state index contributed by atoms with van der Waals surface area (Å²) < 4.78 is 5.32. The molecule has 1 aliphatic heterocycles. The zero-order valence-electron chi connectivity index (χ0n) is 12.0. The van der Waals surface area contributed by atoms with Crippen LogP contribution in [0.3, 0.4) is 0 Å². The number of nitrogens with zero attached hydrogens (tertiary/aromatic N) is 1. The van der Waals surface area contributed by atoms with Crippen molar-refractivity contribution in [1.82, 2.24) is 10.3 Å². The molecular formula is C15H23N3O2. The largest absolute Gasteiger partial charge is 0.383 e. The molecule has 1 amide bonds. The Morgan fingerprint density at radius 1 is 1.45 bits per heavy atom. The Bertz CT molecular complexity index is 431. The van der Waals surface area contributed by atoms with Gasteiger partial charge in [-0.15, -0.1) is 0 Å². The molecule has 1 aromatic heterocycles. The number of nitrogens with one attached hydrogen (secondary N) is 2. The standard InChI is InChI=1S/C15H23N3O2/c1-2-6-17-14-11-16-7-3-13(14)15(19)18-10-12-4-8-20-9-5-12/h3,7,11-12,17H,2,4-6,8-10H2,1H3,(H,18,19). The lowest BCUT2D eigenvalue weighted by atomic mass is 10.0. The Morgan fingerprint density at radius 3 is 3.00 bits per heavy atom. The number of carbonyl (C=O) groups excluding carboxylic acids is 1. The third kappa shape index (κ3) is 4.20. The number of rotatable bonds is 6. The second-order valence-electron chi connectivity index (χ2n) is 5.11. The van der Waals surface area contributed by atoms with Crippen molar-refractivity contribution in [1.29, 1.82) is 0 Å². The highest BCUT2D eigenvalue weighted by Crippen LogP contribution is 2.16. The fourth-order valence-electron chi connectivity index (χ4n) is 2.28. The summed E-state index contributed by atoms with van der Waals surface area (Å²) in [6.07, 6.45) is 6.42. The molecule has 5 heteroatoms. The highest BCUT2D eigenvalue weighted by molar-refractivity contribution is 5.99. The zero-order chi connectivity index (χ0) is 14.2. The van der Waals surface area contributed by atoms with E-state index in [-0.39, 0.29) is 5.91 Å². The Labute approximate surface area is 120 Å². The Kier molecular flexibility index (Phi) is 5.80. The Balaban J connectivity index is 1.90. The molecule has 1 saturated heterocycles. The van der Waals surface area contributed by atoms with Crippen LogP contribution in [0.4, 0.5) is 5.69 Å². The van der Waals surface area contributed by atoms with E-state index in [1.165, 1.54) is 0 Å². The second kappa shape index (κ2) is 7.85. The number of hydrogen-bond acceptors (Lipinski definition) is 4. The van der Waals surface area contributed by atoms with Gasteiger partial charge < -0.3 is 15.4 Å². The molecule has 5 nitrogen and oxygen atoms in total. The molecular weight excluding hydrogens is 254 g/mol. The Morgan fingerprint density at radius 2 is 2.25 bits per heavy atom. The molecule has 1 fully saturated rings.